The maximum Gasteiger partial charge on any atom is 0.335 e. The van der Waals surface area contributed by atoms with Crippen LogP contribution in [0.1, 0.15) is 16.1 Å². The highest BCUT2D eigenvalue weighted by molar-refractivity contribution is 5.88. The summed E-state index contributed by atoms with van der Waals surface area (Å²) in [5, 5.41) is 11.2. The van der Waals surface area contributed by atoms with Gasteiger partial charge in [0.05, 0.1) is 5.56 Å². The first-order valence-corrected chi connectivity index (χ1v) is 6.50. The van der Waals surface area contributed by atoms with Crippen LogP contribution in [0.2, 0.25) is 0 Å². The fourth-order valence-corrected chi connectivity index (χ4v) is 2.17. The molecule has 4 heteroatoms. The molecule has 0 atom stereocenters. The molecule has 0 bridgehead atoms. The van der Waals surface area contributed by atoms with Crippen LogP contribution in [0.15, 0.2) is 54.6 Å². The van der Waals surface area contributed by atoms with E-state index in [1.165, 1.54) is 12.1 Å². The first-order valence-electron chi connectivity index (χ1n) is 6.50. The molecule has 0 fully saturated rings. The number of aryl methyl sites for hydroxylation is 1. The SMILES string of the molecule is Cc1cc(C(=O)O)cc(Oc2ccc3ccccc3c2)n1. The van der Waals surface area contributed by atoms with E-state index in [9.17, 15) is 4.79 Å². The van der Waals surface area contributed by atoms with E-state index in [4.69, 9.17) is 9.84 Å². The number of hydrogen-bond donors (Lipinski definition) is 1. The standard InChI is InChI=1S/C17H13NO3/c1-11-8-14(17(19)20)10-16(18-11)21-15-7-6-12-4-2-3-5-13(12)9-15/h2-10H,1H3,(H,19,20). The molecule has 0 amide bonds. The monoisotopic (exact) mass is 279 g/mol. The van der Waals surface area contributed by atoms with Crippen molar-refractivity contribution in [3.8, 4) is 11.6 Å². The van der Waals surface area contributed by atoms with Crippen molar-refractivity contribution in [1.82, 2.24) is 4.98 Å². The zero-order valence-electron chi connectivity index (χ0n) is 11.4. The molecular formula is C17H13NO3. The Hall–Kier alpha value is -2.88. The lowest BCUT2D eigenvalue weighted by atomic mass is 10.1. The normalized spacial score (nSPS) is 10.5. The molecule has 4 nitrogen and oxygen atoms in total. The Bertz CT molecular complexity index is 827. The Morgan fingerprint density at radius 3 is 2.57 bits per heavy atom. The molecule has 0 aliphatic rings. The number of aromatic nitrogens is 1. The van der Waals surface area contributed by atoms with Crippen LogP contribution in [0.4, 0.5) is 0 Å². The van der Waals surface area contributed by atoms with Gasteiger partial charge in [0.15, 0.2) is 0 Å². The van der Waals surface area contributed by atoms with Crippen LogP contribution in [0, 0.1) is 6.92 Å². The van der Waals surface area contributed by atoms with E-state index >= 15 is 0 Å². The van der Waals surface area contributed by atoms with Crippen LogP contribution < -0.4 is 4.74 Å². The Morgan fingerprint density at radius 1 is 1.05 bits per heavy atom. The third-order valence-electron chi connectivity index (χ3n) is 3.12. The summed E-state index contributed by atoms with van der Waals surface area (Å²) in [5.74, 6) is -0.0883. The minimum absolute atomic E-state index is 0.165. The number of benzene rings is 2. The fraction of sp³-hybridized carbons (Fsp3) is 0.0588. The van der Waals surface area contributed by atoms with Crippen LogP contribution in [0.5, 0.6) is 11.6 Å². The van der Waals surface area contributed by atoms with Crippen molar-refractivity contribution in [2.75, 3.05) is 0 Å². The third-order valence-corrected chi connectivity index (χ3v) is 3.12. The van der Waals surface area contributed by atoms with Crippen molar-refractivity contribution >= 4 is 16.7 Å². The number of carboxylic acid groups (broad SMARTS) is 1. The molecule has 21 heavy (non-hydrogen) atoms. The van der Waals surface area contributed by atoms with Crippen LogP contribution >= 0.6 is 0 Å². The van der Waals surface area contributed by atoms with Gasteiger partial charge in [0.1, 0.15) is 5.75 Å². The van der Waals surface area contributed by atoms with Gasteiger partial charge in [0.2, 0.25) is 5.88 Å². The number of rotatable bonds is 3. The van der Waals surface area contributed by atoms with E-state index in [1.54, 1.807) is 6.92 Å². The van der Waals surface area contributed by atoms with E-state index in [0.29, 0.717) is 11.4 Å². The topological polar surface area (TPSA) is 59.4 Å². The Kier molecular flexibility index (Phi) is 3.28. The van der Waals surface area contributed by atoms with Crippen molar-refractivity contribution < 1.29 is 14.6 Å². The third kappa shape index (κ3) is 2.84. The maximum atomic E-state index is 11.0. The molecular weight excluding hydrogens is 266 g/mol. The van der Waals surface area contributed by atoms with Gasteiger partial charge in [0.25, 0.3) is 0 Å². The van der Waals surface area contributed by atoms with Crippen LogP contribution in [-0.2, 0) is 0 Å². The lowest BCUT2D eigenvalue weighted by molar-refractivity contribution is 0.0696. The first-order chi connectivity index (χ1) is 10.1. The molecule has 0 saturated heterocycles. The van der Waals surface area contributed by atoms with Crippen molar-refractivity contribution in [2.45, 2.75) is 6.92 Å². The average molecular weight is 279 g/mol. The van der Waals surface area contributed by atoms with Gasteiger partial charge in [-0.1, -0.05) is 30.3 Å². The summed E-state index contributed by atoms with van der Waals surface area (Å²) in [6.07, 6.45) is 0. The summed E-state index contributed by atoms with van der Waals surface area (Å²) < 4.78 is 5.68. The summed E-state index contributed by atoms with van der Waals surface area (Å²) in [6.45, 7) is 1.74. The molecule has 0 spiro atoms. The van der Waals surface area contributed by atoms with Crippen molar-refractivity contribution in [1.29, 1.82) is 0 Å². The summed E-state index contributed by atoms with van der Waals surface area (Å²) in [5.41, 5.74) is 0.768. The molecule has 104 valence electrons. The largest absolute Gasteiger partial charge is 0.478 e. The highest BCUT2D eigenvalue weighted by Crippen LogP contribution is 2.25. The van der Waals surface area contributed by atoms with Crippen molar-refractivity contribution in [3.63, 3.8) is 0 Å². The second-order valence-corrected chi connectivity index (χ2v) is 4.75. The van der Waals surface area contributed by atoms with E-state index in [1.807, 2.05) is 42.5 Å². The van der Waals surface area contributed by atoms with Gasteiger partial charge in [-0.3, -0.25) is 0 Å². The molecule has 3 rings (SSSR count). The summed E-state index contributed by atoms with van der Waals surface area (Å²) >= 11 is 0. The van der Waals surface area contributed by atoms with E-state index in [-0.39, 0.29) is 11.4 Å². The molecule has 1 N–H and O–H groups in total. The Morgan fingerprint density at radius 2 is 1.81 bits per heavy atom. The number of carbonyl (C=O) groups is 1. The van der Waals surface area contributed by atoms with E-state index in [0.717, 1.165) is 10.8 Å². The molecule has 1 aromatic heterocycles. The zero-order chi connectivity index (χ0) is 14.8. The van der Waals surface area contributed by atoms with E-state index < -0.39 is 5.97 Å². The molecule has 2 aromatic carbocycles. The highest BCUT2D eigenvalue weighted by Gasteiger charge is 2.08. The number of aromatic carboxylic acids is 1. The summed E-state index contributed by atoms with van der Waals surface area (Å²) in [7, 11) is 0. The zero-order valence-corrected chi connectivity index (χ0v) is 11.4. The van der Waals surface area contributed by atoms with Gasteiger partial charge in [-0.2, -0.15) is 0 Å². The second kappa shape index (κ2) is 5.25. The maximum absolute atomic E-state index is 11.0. The second-order valence-electron chi connectivity index (χ2n) is 4.75. The molecule has 0 aliphatic heterocycles. The summed E-state index contributed by atoms with van der Waals surface area (Å²) in [6, 6.07) is 16.6. The van der Waals surface area contributed by atoms with Gasteiger partial charge in [-0.25, -0.2) is 9.78 Å². The van der Waals surface area contributed by atoms with Gasteiger partial charge in [0, 0.05) is 11.8 Å². The van der Waals surface area contributed by atoms with Crippen LogP contribution in [0.25, 0.3) is 10.8 Å². The van der Waals surface area contributed by atoms with Gasteiger partial charge in [-0.05, 0) is 35.9 Å². The lowest BCUT2D eigenvalue weighted by Crippen LogP contribution is -1.99. The van der Waals surface area contributed by atoms with Gasteiger partial charge < -0.3 is 9.84 Å². The highest BCUT2D eigenvalue weighted by atomic mass is 16.5. The van der Waals surface area contributed by atoms with Crippen molar-refractivity contribution in [3.05, 3.63) is 65.9 Å². The molecule has 0 aliphatic carbocycles. The van der Waals surface area contributed by atoms with E-state index in [2.05, 4.69) is 4.98 Å². The molecule has 1 heterocycles. The fourth-order valence-electron chi connectivity index (χ4n) is 2.17. The molecule has 0 radical (unpaired) electrons. The Labute approximate surface area is 121 Å². The quantitative estimate of drug-likeness (QED) is 0.786. The minimum atomic E-state index is -0.996. The lowest BCUT2D eigenvalue weighted by Gasteiger charge is -2.08. The molecule has 0 saturated carbocycles. The summed E-state index contributed by atoms with van der Waals surface area (Å²) in [4.78, 5) is 15.3. The van der Waals surface area contributed by atoms with Gasteiger partial charge >= 0.3 is 5.97 Å². The predicted molar refractivity (Wildman–Crippen MR) is 80.0 cm³/mol. The smallest absolute Gasteiger partial charge is 0.335 e. The first kappa shape index (κ1) is 13.1. The number of hydrogen-bond acceptors (Lipinski definition) is 3. The molecule has 3 aromatic rings. The number of nitrogens with zero attached hydrogens (tertiary/aromatic N) is 1. The number of pyridine rings is 1. The van der Waals surface area contributed by atoms with Gasteiger partial charge in [-0.15, -0.1) is 0 Å². The van der Waals surface area contributed by atoms with Crippen molar-refractivity contribution in [2.24, 2.45) is 0 Å². The molecule has 0 unspecified atom stereocenters. The Balaban J connectivity index is 1.96. The number of ether oxygens (including phenoxy) is 1. The minimum Gasteiger partial charge on any atom is -0.478 e. The predicted octanol–water partition coefficient (Wildman–Crippen LogP) is 4.03. The number of fused-ring (bicyclic) bond motifs is 1. The average Bonchev–Trinajstić information content (AvgIpc) is 2.46. The number of carboxylic acids is 1. The van der Waals surface area contributed by atoms with Crippen LogP contribution in [-0.4, -0.2) is 16.1 Å². The van der Waals surface area contributed by atoms with Crippen LogP contribution in [0.3, 0.4) is 0 Å².